The molecule has 0 radical (unpaired) electrons. The van der Waals surface area contributed by atoms with Crippen molar-refractivity contribution in [1.29, 1.82) is 0 Å². The zero-order chi connectivity index (χ0) is 18.0. The van der Waals surface area contributed by atoms with Crippen LogP contribution in [0.2, 0.25) is 0 Å². The standard InChI is InChI=1S/C18H18N2O3S2/c1-10(2)11-4-6-12(7-5-11)13-8-24-17-15(13)16(22)19-18(20-17)25-9-14(21)23-3/h4-8,10H,9H2,1-3H3,(H,19,20,22). The fourth-order valence-corrected chi connectivity index (χ4v) is 4.14. The molecule has 0 saturated carbocycles. The van der Waals surface area contributed by atoms with Gasteiger partial charge in [-0.15, -0.1) is 11.3 Å². The van der Waals surface area contributed by atoms with E-state index < -0.39 is 0 Å². The predicted molar refractivity (Wildman–Crippen MR) is 103 cm³/mol. The van der Waals surface area contributed by atoms with Crippen LogP contribution in [0.25, 0.3) is 21.3 Å². The molecule has 7 heteroatoms. The summed E-state index contributed by atoms with van der Waals surface area (Å²) in [5, 5.41) is 2.96. The Labute approximate surface area is 153 Å². The molecule has 0 aliphatic rings. The quantitative estimate of drug-likeness (QED) is 0.414. The first kappa shape index (κ1) is 17.7. The monoisotopic (exact) mass is 374 g/mol. The van der Waals surface area contributed by atoms with E-state index in [2.05, 4.69) is 40.7 Å². The number of esters is 1. The first-order chi connectivity index (χ1) is 12.0. The van der Waals surface area contributed by atoms with Crippen LogP contribution in [0, 0.1) is 0 Å². The maximum absolute atomic E-state index is 12.5. The van der Waals surface area contributed by atoms with Gasteiger partial charge in [-0.3, -0.25) is 9.59 Å². The van der Waals surface area contributed by atoms with Crippen LogP contribution in [0.3, 0.4) is 0 Å². The third-order valence-corrected chi connectivity index (χ3v) is 5.58. The summed E-state index contributed by atoms with van der Waals surface area (Å²) in [6.07, 6.45) is 0. The SMILES string of the molecule is COC(=O)CSc1nc2scc(-c3ccc(C(C)C)cc3)c2c(=O)[nH]1. The lowest BCUT2D eigenvalue weighted by Gasteiger charge is -2.06. The van der Waals surface area contributed by atoms with Crippen molar-refractivity contribution in [1.82, 2.24) is 9.97 Å². The number of carbonyl (C=O) groups excluding carboxylic acids is 1. The molecule has 25 heavy (non-hydrogen) atoms. The maximum atomic E-state index is 12.5. The van der Waals surface area contributed by atoms with Crippen LogP contribution >= 0.6 is 23.1 Å². The van der Waals surface area contributed by atoms with Crippen LogP contribution in [0.4, 0.5) is 0 Å². The summed E-state index contributed by atoms with van der Waals surface area (Å²) in [4.78, 5) is 31.6. The van der Waals surface area contributed by atoms with Gasteiger partial charge in [0, 0.05) is 10.9 Å². The summed E-state index contributed by atoms with van der Waals surface area (Å²) in [6.45, 7) is 4.30. The molecule has 0 saturated heterocycles. The minimum absolute atomic E-state index is 0.111. The highest BCUT2D eigenvalue weighted by molar-refractivity contribution is 7.99. The molecule has 2 heterocycles. The zero-order valence-corrected chi connectivity index (χ0v) is 15.8. The van der Waals surface area contributed by atoms with Gasteiger partial charge in [-0.2, -0.15) is 0 Å². The average Bonchev–Trinajstić information content (AvgIpc) is 3.04. The molecule has 1 aromatic carbocycles. The van der Waals surface area contributed by atoms with E-state index in [0.717, 1.165) is 22.9 Å². The number of thioether (sulfide) groups is 1. The molecule has 5 nitrogen and oxygen atoms in total. The fourth-order valence-electron chi connectivity index (χ4n) is 2.44. The number of carbonyl (C=O) groups is 1. The van der Waals surface area contributed by atoms with Crippen molar-refractivity contribution >= 4 is 39.3 Å². The lowest BCUT2D eigenvalue weighted by molar-refractivity contribution is -0.137. The van der Waals surface area contributed by atoms with Gasteiger partial charge in [-0.1, -0.05) is 49.9 Å². The first-order valence-electron chi connectivity index (χ1n) is 7.81. The van der Waals surface area contributed by atoms with Gasteiger partial charge in [0.25, 0.3) is 5.56 Å². The van der Waals surface area contributed by atoms with Crippen molar-refractivity contribution in [2.75, 3.05) is 12.9 Å². The second-order valence-corrected chi connectivity index (χ2v) is 7.66. The third-order valence-electron chi connectivity index (χ3n) is 3.86. The van der Waals surface area contributed by atoms with E-state index in [1.807, 2.05) is 17.5 Å². The lowest BCUT2D eigenvalue weighted by atomic mass is 9.99. The highest BCUT2D eigenvalue weighted by atomic mass is 32.2. The van der Waals surface area contributed by atoms with Crippen molar-refractivity contribution in [2.45, 2.75) is 24.9 Å². The van der Waals surface area contributed by atoms with Crippen molar-refractivity contribution < 1.29 is 9.53 Å². The van der Waals surface area contributed by atoms with E-state index in [0.29, 0.717) is 21.3 Å². The van der Waals surface area contributed by atoms with Gasteiger partial charge in [0.05, 0.1) is 18.2 Å². The van der Waals surface area contributed by atoms with Crippen LogP contribution < -0.4 is 5.56 Å². The van der Waals surface area contributed by atoms with E-state index in [9.17, 15) is 9.59 Å². The van der Waals surface area contributed by atoms with Crippen molar-refractivity contribution in [3.8, 4) is 11.1 Å². The normalized spacial score (nSPS) is 11.2. The number of hydrogen-bond donors (Lipinski definition) is 1. The molecule has 0 fully saturated rings. The minimum Gasteiger partial charge on any atom is -0.468 e. The Morgan fingerprint density at radius 2 is 2.04 bits per heavy atom. The molecule has 0 bridgehead atoms. The maximum Gasteiger partial charge on any atom is 0.316 e. The number of aromatic amines is 1. The predicted octanol–water partition coefficient (Wildman–Crippen LogP) is 4.04. The molecule has 0 aliphatic carbocycles. The molecular weight excluding hydrogens is 356 g/mol. The van der Waals surface area contributed by atoms with Crippen LogP contribution in [0.5, 0.6) is 0 Å². The second-order valence-electron chi connectivity index (χ2n) is 5.84. The van der Waals surface area contributed by atoms with Gasteiger partial charge < -0.3 is 9.72 Å². The number of nitrogens with zero attached hydrogens (tertiary/aromatic N) is 1. The molecule has 1 N–H and O–H groups in total. The Balaban J connectivity index is 1.96. The summed E-state index contributed by atoms with van der Waals surface area (Å²) in [7, 11) is 1.33. The molecule has 2 aromatic heterocycles. The van der Waals surface area contributed by atoms with Gasteiger partial charge in [0.1, 0.15) is 4.83 Å². The number of aromatic nitrogens is 2. The van der Waals surface area contributed by atoms with Gasteiger partial charge in [-0.25, -0.2) is 4.98 Å². The molecular formula is C18H18N2O3S2. The topological polar surface area (TPSA) is 72.0 Å². The zero-order valence-electron chi connectivity index (χ0n) is 14.2. The van der Waals surface area contributed by atoms with E-state index in [1.165, 1.54) is 24.0 Å². The third kappa shape index (κ3) is 3.77. The fraction of sp³-hybridized carbons (Fsp3) is 0.278. The lowest BCUT2D eigenvalue weighted by Crippen LogP contribution is -2.10. The number of fused-ring (bicyclic) bond motifs is 1. The molecule has 3 aromatic rings. The number of thiophene rings is 1. The molecule has 0 amide bonds. The largest absolute Gasteiger partial charge is 0.468 e. The van der Waals surface area contributed by atoms with Gasteiger partial charge >= 0.3 is 5.97 Å². The first-order valence-corrected chi connectivity index (χ1v) is 9.67. The molecule has 130 valence electrons. The van der Waals surface area contributed by atoms with E-state index in [-0.39, 0.29) is 17.3 Å². The van der Waals surface area contributed by atoms with Crippen molar-refractivity contribution in [2.24, 2.45) is 0 Å². The molecule has 0 unspecified atom stereocenters. The van der Waals surface area contributed by atoms with Crippen LogP contribution in [0.15, 0.2) is 39.6 Å². The minimum atomic E-state index is -0.357. The Morgan fingerprint density at radius 3 is 2.68 bits per heavy atom. The van der Waals surface area contributed by atoms with Crippen molar-refractivity contribution in [3.05, 3.63) is 45.6 Å². The Bertz CT molecular complexity index is 959. The van der Waals surface area contributed by atoms with E-state index in [4.69, 9.17) is 0 Å². The van der Waals surface area contributed by atoms with Crippen molar-refractivity contribution in [3.63, 3.8) is 0 Å². The number of methoxy groups -OCH3 is 1. The number of rotatable bonds is 5. The van der Waals surface area contributed by atoms with Crippen LogP contribution in [0.1, 0.15) is 25.3 Å². The number of benzene rings is 1. The Kier molecular flexibility index (Phi) is 5.24. The van der Waals surface area contributed by atoms with Gasteiger partial charge in [0.15, 0.2) is 5.16 Å². The number of ether oxygens (including phenoxy) is 1. The molecule has 0 spiro atoms. The summed E-state index contributed by atoms with van der Waals surface area (Å²) in [6, 6.07) is 8.25. The number of H-pyrrole nitrogens is 1. The smallest absolute Gasteiger partial charge is 0.316 e. The molecule has 0 atom stereocenters. The highest BCUT2D eigenvalue weighted by Crippen LogP contribution is 2.32. The summed E-state index contributed by atoms with van der Waals surface area (Å²) >= 11 is 2.58. The van der Waals surface area contributed by atoms with Gasteiger partial charge in [0.2, 0.25) is 0 Å². The Morgan fingerprint density at radius 1 is 1.32 bits per heavy atom. The van der Waals surface area contributed by atoms with Crippen LogP contribution in [-0.4, -0.2) is 28.8 Å². The van der Waals surface area contributed by atoms with Gasteiger partial charge in [-0.05, 0) is 17.0 Å². The number of hydrogen-bond acceptors (Lipinski definition) is 6. The van der Waals surface area contributed by atoms with Crippen LogP contribution in [-0.2, 0) is 9.53 Å². The molecule has 3 rings (SSSR count). The number of nitrogens with one attached hydrogen (secondary N) is 1. The highest BCUT2D eigenvalue weighted by Gasteiger charge is 2.14. The Hall–Kier alpha value is -2.12. The van der Waals surface area contributed by atoms with E-state index in [1.54, 1.807) is 0 Å². The summed E-state index contributed by atoms with van der Waals surface area (Å²) in [5.74, 6) is 0.220. The average molecular weight is 374 g/mol. The summed E-state index contributed by atoms with van der Waals surface area (Å²) in [5.41, 5.74) is 2.95. The summed E-state index contributed by atoms with van der Waals surface area (Å²) < 4.78 is 4.60. The van der Waals surface area contributed by atoms with E-state index >= 15 is 0 Å². The molecule has 0 aliphatic heterocycles. The second kappa shape index (κ2) is 7.41.